The van der Waals surface area contributed by atoms with E-state index in [-0.39, 0.29) is 11.9 Å². The predicted molar refractivity (Wildman–Crippen MR) is 52.4 cm³/mol. The Morgan fingerprint density at radius 1 is 1.64 bits per heavy atom. The normalized spacial score (nSPS) is 31.9. The van der Waals surface area contributed by atoms with Crippen molar-refractivity contribution < 1.29 is 9.53 Å². The third kappa shape index (κ3) is 2.06. The highest BCUT2D eigenvalue weighted by Crippen LogP contribution is 2.38. The number of hydrogen-bond donors (Lipinski definition) is 0. The van der Waals surface area contributed by atoms with E-state index in [0.29, 0.717) is 6.42 Å². The van der Waals surface area contributed by atoms with Crippen molar-refractivity contribution in [3.05, 3.63) is 0 Å². The summed E-state index contributed by atoms with van der Waals surface area (Å²) in [6.45, 7) is 3.42. The first-order chi connectivity index (χ1) is 6.64. The summed E-state index contributed by atoms with van der Waals surface area (Å²) in [5, 5.41) is 9.16. The van der Waals surface area contributed by atoms with Crippen molar-refractivity contribution in [3.8, 4) is 6.07 Å². The highest BCUT2D eigenvalue weighted by Gasteiger charge is 2.43. The minimum Gasteiger partial charge on any atom is -0.444 e. The van der Waals surface area contributed by atoms with Crippen molar-refractivity contribution in [1.29, 1.82) is 5.26 Å². The van der Waals surface area contributed by atoms with Crippen LogP contribution in [0.2, 0.25) is 0 Å². The number of nitrogens with zero attached hydrogens (tertiary/aromatic N) is 1. The molecule has 1 rings (SSSR count). The lowest BCUT2D eigenvalue weighted by molar-refractivity contribution is -0.159. The number of carbonyl (C=O) groups is 1. The van der Waals surface area contributed by atoms with Crippen LogP contribution in [0.1, 0.15) is 46.0 Å². The molecule has 0 aromatic rings. The molecule has 1 aliphatic carbocycles. The second kappa shape index (κ2) is 4.45. The minimum absolute atomic E-state index is 0.213. The Hall–Kier alpha value is -1.04. The van der Waals surface area contributed by atoms with Gasteiger partial charge < -0.3 is 4.74 Å². The first-order valence-electron chi connectivity index (χ1n) is 5.25. The summed E-state index contributed by atoms with van der Waals surface area (Å²) in [6, 6.07) is 2.21. The highest BCUT2D eigenvalue weighted by molar-refractivity contribution is 5.67. The Morgan fingerprint density at radius 3 is 2.86 bits per heavy atom. The summed E-state index contributed by atoms with van der Waals surface area (Å²) in [4.78, 5) is 11.0. The van der Waals surface area contributed by atoms with E-state index in [2.05, 4.69) is 6.07 Å². The third-order valence-electron chi connectivity index (χ3n) is 3.02. The fraction of sp³-hybridized carbons (Fsp3) is 0.818. The van der Waals surface area contributed by atoms with E-state index < -0.39 is 5.60 Å². The van der Waals surface area contributed by atoms with Gasteiger partial charge in [0.2, 0.25) is 0 Å². The molecule has 3 heteroatoms. The molecule has 0 bridgehead atoms. The molecule has 1 saturated carbocycles. The van der Waals surface area contributed by atoms with Crippen LogP contribution in [0.15, 0.2) is 0 Å². The zero-order valence-corrected chi connectivity index (χ0v) is 8.88. The lowest BCUT2D eigenvalue weighted by Crippen LogP contribution is -2.43. The van der Waals surface area contributed by atoms with Gasteiger partial charge in [0.05, 0.1) is 0 Å². The number of hydrogen-bond acceptors (Lipinski definition) is 3. The van der Waals surface area contributed by atoms with Crippen molar-refractivity contribution in [2.45, 2.75) is 51.6 Å². The third-order valence-corrected chi connectivity index (χ3v) is 3.02. The van der Waals surface area contributed by atoms with Gasteiger partial charge in [-0.3, -0.25) is 4.79 Å². The Bertz CT molecular complexity index is 257. The molecule has 0 N–H and O–H groups in total. The van der Waals surface area contributed by atoms with Crippen molar-refractivity contribution in [3.63, 3.8) is 0 Å². The maximum absolute atomic E-state index is 11.0. The molecule has 0 spiro atoms. The maximum Gasteiger partial charge on any atom is 0.304 e. The van der Waals surface area contributed by atoms with Crippen molar-refractivity contribution >= 4 is 5.97 Å². The van der Waals surface area contributed by atoms with E-state index in [9.17, 15) is 4.79 Å². The van der Waals surface area contributed by atoms with Gasteiger partial charge in [0.15, 0.2) is 5.60 Å². The standard InChI is InChI=1S/C11H17NO2/c1-3-10-6-4-5-7-11(10,8-12)14-9(2)13/h10H,3-7H2,1-2H3. The SMILES string of the molecule is CCC1CCCCC1(C#N)OC(C)=O. The first-order valence-corrected chi connectivity index (χ1v) is 5.25. The van der Waals surface area contributed by atoms with Crippen LogP contribution in [0.4, 0.5) is 0 Å². The van der Waals surface area contributed by atoms with Crippen LogP contribution in [0.3, 0.4) is 0 Å². The second-order valence-corrected chi connectivity index (χ2v) is 3.95. The molecule has 0 saturated heterocycles. The number of nitriles is 1. The van der Waals surface area contributed by atoms with E-state index in [4.69, 9.17) is 10.00 Å². The van der Waals surface area contributed by atoms with Crippen LogP contribution in [0, 0.1) is 17.2 Å². The molecule has 2 unspecified atom stereocenters. The Morgan fingerprint density at radius 2 is 2.36 bits per heavy atom. The van der Waals surface area contributed by atoms with Crippen LogP contribution < -0.4 is 0 Å². The molecule has 3 nitrogen and oxygen atoms in total. The summed E-state index contributed by atoms with van der Waals surface area (Å²) < 4.78 is 5.23. The van der Waals surface area contributed by atoms with Gasteiger partial charge in [0.25, 0.3) is 0 Å². The molecule has 2 atom stereocenters. The maximum atomic E-state index is 11.0. The molecule has 0 aromatic heterocycles. The zero-order valence-electron chi connectivity index (χ0n) is 8.88. The van der Waals surface area contributed by atoms with Gasteiger partial charge >= 0.3 is 5.97 Å². The number of rotatable bonds is 2. The molecule has 0 aliphatic heterocycles. The highest BCUT2D eigenvalue weighted by atomic mass is 16.6. The summed E-state index contributed by atoms with van der Waals surface area (Å²) >= 11 is 0. The fourth-order valence-corrected chi connectivity index (χ4v) is 2.31. The lowest BCUT2D eigenvalue weighted by Gasteiger charge is -2.37. The number of esters is 1. The average molecular weight is 195 g/mol. The van der Waals surface area contributed by atoms with E-state index in [1.807, 2.05) is 6.92 Å². The summed E-state index contributed by atoms with van der Waals surface area (Å²) in [6.07, 6.45) is 4.72. The topological polar surface area (TPSA) is 50.1 Å². The molecule has 0 radical (unpaired) electrons. The van der Waals surface area contributed by atoms with E-state index >= 15 is 0 Å². The molecule has 1 fully saturated rings. The van der Waals surface area contributed by atoms with Gasteiger partial charge in [0.1, 0.15) is 6.07 Å². The Kier molecular flexibility index (Phi) is 3.51. The van der Waals surface area contributed by atoms with Crippen molar-refractivity contribution in [2.24, 2.45) is 5.92 Å². The monoisotopic (exact) mass is 195 g/mol. The minimum atomic E-state index is -0.834. The van der Waals surface area contributed by atoms with Crippen LogP contribution >= 0.6 is 0 Å². The first kappa shape index (κ1) is 11.0. The second-order valence-electron chi connectivity index (χ2n) is 3.95. The van der Waals surface area contributed by atoms with Gasteiger partial charge in [-0.2, -0.15) is 5.26 Å². The summed E-state index contributed by atoms with van der Waals surface area (Å²) in [5.41, 5.74) is -0.834. The van der Waals surface area contributed by atoms with Crippen LogP contribution in [0.25, 0.3) is 0 Å². The summed E-state index contributed by atoms with van der Waals surface area (Å²) in [7, 11) is 0. The van der Waals surface area contributed by atoms with Gasteiger partial charge in [-0.05, 0) is 19.3 Å². The average Bonchev–Trinajstić information content (AvgIpc) is 2.17. The Balaban J connectivity index is 2.82. The molecule has 78 valence electrons. The van der Waals surface area contributed by atoms with Gasteiger partial charge in [0, 0.05) is 19.3 Å². The molecular formula is C11H17NO2. The van der Waals surface area contributed by atoms with Gasteiger partial charge in [-0.25, -0.2) is 0 Å². The van der Waals surface area contributed by atoms with Crippen LogP contribution in [0.5, 0.6) is 0 Å². The van der Waals surface area contributed by atoms with Crippen LogP contribution in [-0.2, 0) is 9.53 Å². The smallest absolute Gasteiger partial charge is 0.304 e. The van der Waals surface area contributed by atoms with E-state index in [1.54, 1.807) is 0 Å². The van der Waals surface area contributed by atoms with E-state index in [0.717, 1.165) is 25.7 Å². The largest absolute Gasteiger partial charge is 0.444 e. The van der Waals surface area contributed by atoms with E-state index in [1.165, 1.54) is 6.92 Å². The van der Waals surface area contributed by atoms with Gasteiger partial charge in [-0.1, -0.05) is 13.3 Å². The molecule has 0 amide bonds. The molecule has 1 aliphatic rings. The van der Waals surface area contributed by atoms with Crippen LogP contribution in [-0.4, -0.2) is 11.6 Å². The summed E-state index contributed by atoms with van der Waals surface area (Å²) in [5.74, 6) is -0.128. The molecule has 0 heterocycles. The Labute approximate surface area is 85.1 Å². The molecule has 0 aromatic carbocycles. The van der Waals surface area contributed by atoms with Crippen molar-refractivity contribution in [2.75, 3.05) is 0 Å². The number of carbonyl (C=O) groups excluding carboxylic acids is 1. The fourth-order valence-electron chi connectivity index (χ4n) is 2.31. The zero-order chi connectivity index (χ0) is 10.6. The molecule has 14 heavy (non-hydrogen) atoms. The number of ether oxygens (including phenoxy) is 1. The van der Waals surface area contributed by atoms with Gasteiger partial charge in [-0.15, -0.1) is 0 Å². The van der Waals surface area contributed by atoms with Crippen molar-refractivity contribution in [1.82, 2.24) is 0 Å². The predicted octanol–water partition coefficient (Wildman–Crippen LogP) is 2.41. The molecular weight excluding hydrogens is 178 g/mol. The quantitative estimate of drug-likeness (QED) is 0.636. The lowest BCUT2D eigenvalue weighted by atomic mass is 9.74.